The minimum atomic E-state index is -0.0921. The number of benzene rings is 1. The van der Waals surface area contributed by atoms with Crippen molar-refractivity contribution in [1.82, 2.24) is 9.97 Å². The standard InChI is InChI=1S/C13H14N4O2/c1-8-3-4-11(9(2)5-8)19-12-7-15-10(6-16-12)13(14)17-18/h3-7,18H,1-2H3,(H2,14,17). The molecule has 0 bridgehead atoms. The highest BCUT2D eigenvalue weighted by Crippen LogP contribution is 2.23. The lowest BCUT2D eigenvalue weighted by Crippen LogP contribution is -2.15. The van der Waals surface area contributed by atoms with Crippen molar-refractivity contribution in [3.05, 3.63) is 47.4 Å². The fraction of sp³-hybridized carbons (Fsp3) is 0.154. The lowest BCUT2D eigenvalue weighted by Gasteiger charge is -2.08. The number of aryl methyl sites for hydroxylation is 2. The predicted octanol–water partition coefficient (Wildman–Crippen LogP) is 1.98. The summed E-state index contributed by atoms with van der Waals surface area (Å²) in [7, 11) is 0. The Kier molecular flexibility index (Phi) is 3.61. The second-order valence-electron chi connectivity index (χ2n) is 4.10. The van der Waals surface area contributed by atoms with Gasteiger partial charge in [0.1, 0.15) is 11.4 Å². The van der Waals surface area contributed by atoms with Gasteiger partial charge in [-0.1, -0.05) is 22.9 Å². The SMILES string of the molecule is Cc1ccc(Oc2cnc(C(N)=NO)cn2)c(C)c1. The number of ether oxygens (including phenoxy) is 1. The summed E-state index contributed by atoms with van der Waals surface area (Å²) in [5.74, 6) is 0.975. The number of nitrogens with zero attached hydrogens (tertiary/aromatic N) is 3. The maximum absolute atomic E-state index is 8.52. The minimum absolute atomic E-state index is 0.0921. The van der Waals surface area contributed by atoms with Crippen LogP contribution in [0.2, 0.25) is 0 Å². The third kappa shape index (κ3) is 2.98. The molecule has 3 N–H and O–H groups in total. The van der Waals surface area contributed by atoms with Gasteiger partial charge in [-0.2, -0.15) is 0 Å². The lowest BCUT2D eigenvalue weighted by atomic mass is 10.1. The van der Waals surface area contributed by atoms with Crippen LogP contribution in [-0.4, -0.2) is 21.0 Å². The fourth-order valence-corrected chi connectivity index (χ4v) is 1.58. The molecule has 0 radical (unpaired) electrons. The zero-order chi connectivity index (χ0) is 13.8. The molecule has 0 fully saturated rings. The number of aromatic nitrogens is 2. The van der Waals surface area contributed by atoms with Crippen LogP contribution in [0.25, 0.3) is 0 Å². The normalized spacial score (nSPS) is 11.4. The second kappa shape index (κ2) is 5.34. The van der Waals surface area contributed by atoms with Crippen LogP contribution in [0.3, 0.4) is 0 Å². The average molecular weight is 258 g/mol. The van der Waals surface area contributed by atoms with E-state index in [0.717, 1.165) is 11.3 Å². The number of rotatable bonds is 3. The molecule has 0 saturated carbocycles. The highest BCUT2D eigenvalue weighted by Gasteiger charge is 2.05. The fourth-order valence-electron chi connectivity index (χ4n) is 1.58. The van der Waals surface area contributed by atoms with Gasteiger partial charge in [-0.25, -0.2) is 9.97 Å². The summed E-state index contributed by atoms with van der Waals surface area (Å²) in [6, 6.07) is 5.86. The Labute approximate surface area is 110 Å². The molecule has 98 valence electrons. The van der Waals surface area contributed by atoms with Gasteiger partial charge in [0.15, 0.2) is 5.84 Å². The number of amidine groups is 1. The first kappa shape index (κ1) is 12.8. The van der Waals surface area contributed by atoms with E-state index in [1.54, 1.807) is 0 Å². The molecule has 2 aromatic rings. The van der Waals surface area contributed by atoms with Gasteiger partial charge >= 0.3 is 0 Å². The van der Waals surface area contributed by atoms with Crippen molar-refractivity contribution >= 4 is 5.84 Å². The van der Waals surface area contributed by atoms with Crippen molar-refractivity contribution in [2.24, 2.45) is 10.9 Å². The zero-order valence-corrected chi connectivity index (χ0v) is 10.7. The van der Waals surface area contributed by atoms with E-state index in [-0.39, 0.29) is 11.5 Å². The van der Waals surface area contributed by atoms with E-state index in [2.05, 4.69) is 15.1 Å². The Morgan fingerprint density at radius 3 is 2.63 bits per heavy atom. The molecule has 0 saturated heterocycles. The van der Waals surface area contributed by atoms with E-state index in [9.17, 15) is 0 Å². The number of hydrogen-bond donors (Lipinski definition) is 2. The van der Waals surface area contributed by atoms with Gasteiger partial charge in [0.25, 0.3) is 0 Å². The maximum atomic E-state index is 8.52. The number of nitrogens with two attached hydrogens (primary N) is 1. The molecule has 19 heavy (non-hydrogen) atoms. The van der Waals surface area contributed by atoms with E-state index in [1.165, 1.54) is 18.0 Å². The molecule has 0 aliphatic carbocycles. The van der Waals surface area contributed by atoms with Gasteiger partial charge in [-0.05, 0) is 25.5 Å². The van der Waals surface area contributed by atoms with E-state index in [1.807, 2.05) is 32.0 Å². The van der Waals surface area contributed by atoms with Crippen LogP contribution in [0, 0.1) is 13.8 Å². The first-order valence-corrected chi connectivity index (χ1v) is 5.65. The molecular formula is C13H14N4O2. The smallest absolute Gasteiger partial charge is 0.237 e. The van der Waals surface area contributed by atoms with Crippen molar-refractivity contribution in [3.8, 4) is 11.6 Å². The van der Waals surface area contributed by atoms with Crippen LogP contribution >= 0.6 is 0 Å². The quantitative estimate of drug-likeness (QED) is 0.380. The minimum Gasteiger partial charge on any atom is -0.437 e. The number of hydrogen-bond acceptors (Lipinski definition) is 5. The van der Waals surface area contributed by atoms with Crippen molar-refractivity contribution in [2.45, 2.75) is 13.8 Å². The van der Waals surface area contributed by atoms with Gasteiger partial charge in [0.2, 0.25) is 5.88 Å². The first-order chi connectivity index (χ1) is 9.10. The molecule has 0 amide bonds. The average Bonchev–Trinajstić information content (AvgIpc) is 2.42. The lowest BCUT2D eigenvalue weighted by molar-refractivity contribution is 0.318. The van der Waals surface area contributed by atoms with Crippen LogP contribution in [0.1, 0.15) is 16.8 Å². The Hall–Kier alpha value is -2.63. The molecule has 1 aromatic heterocycles. The Morgan fingerprint density at radius 2 is 2.05 bits per heavy atom. The van der Waals surface area contributed by atoms with Crippen LogP contribution in [0.15, 0.2) is 35.7 Å². The van der Waals surface area contributed by atoms with Gasteiger partial charge in [-0.15, -0.1) is 0 Å². The Balaban J connectivity index is 2.20. The Bertz CT molecular complexity index is 609. The van der Waals surface area contributed by atoms with Crippen molar-refractivity contribution in [1.29, 1.82) is 0 Å². The molecule has 0 unspecified atom stereocenters. The van der Waals surface area contributed by atoms with E-state index in [0.29, 0.717) is 5.88 Å². The molecule has 6 nitrogen and oxygen atoms in total. The summed E-state index contributed by atoms with van der Waals surface area (Å²) in [6.45, 7) is 3.98. The molecule has 6 heteroatoms. The topological polar surface area (TPSA) is 93.6 Å². The van der Waals surface area contributed by atoms with Crippen molar-refractivity contribution < 1.29 is 9.94 Å². The highest BCUT2D eigenvalue weighted by molar-refractivity contribution is 5.94. The third-order valence-electron chi connectivity index (χ3n) is 2.54. The molecule has 2 rings (SSSR count). The van der Waals surface area contributed by atoms with Gasteiger partial charge < -0.3 is 15.7 Å². The second-order valence-corrected chi connectivity index (χ2v) is 4.10. The van der Waals surface area contributed by atoms with E-state index < -0.39 is 0 Å². The molecular weight excluding hydrogens is 244 g/mol. The van der Waals surface area contributed by atoms with Gasteiger partial charge in [0, 0.05) is 0 Å². The van der Waals surface area contributed by atoms with E-state index in [4.69, 9.17) is 15.7 Å². The molecule has 1 heterocycles. The van der Waals surface area contributed by atoms with Crippen molar-refractivity contribution in [2.75, 3.05) is 0 Å². The molecule has 0 spiro atoms. The Morgan fingerprint density at radius 1 is 1.26 bits per heavy atom. The molecule has 0 aliphatic heterocycles. The van der Waals surface area contributed by atoms with Crippen molar-refractivity contribution in [3.63, 3.8) is 0 Å². The predicted molar refractivity (Wildman–Crippen MR) is 70.5 cm³/mol. The maximum Gasteiger partial charge on any atom is 0.237 e. The van der Waals surface area contributed by atoms with Crippen LogP contribution < -0.4 is 10.5 Å². The third-order valence-corrected chi connectivity index (χ3v) is 2.54. The largest absolute Gasteiger partial charge is 0.437 e. The first-order valence-electron chi connectivity index (χ1n) is 5.65. The van der Waals surface area contributed by atoms with Crippen LogP contribution in [0.4, 0.5) is 0 Å². The number of oxime groups is 1. The molecule has 0 aliphatic rings. The van der Waals surface area contributed by atoms with Crippen LogP contribution in [-0.2, 0) is 0 Å². The summed E-state index contributed by atoms with van der Waals surface area (Å²) in [6.07, 6.45) is 2.81. The summed E-state index contributed by atoms with van der Waals surface area (Å²) in [4.78, 5) is 8.04. The zero-order valence-electron chi connectivity index (χ0n) is 10.7. The van der Waals surface area contributed by atoms with E-state index >= 15 is 0 Å². The van der Waals surface area contributed by atoms with Gasteiger partial charge in [-0.3, -0.25) is 0 Å². The summed E-state index contributed by atoms with van der Waals surface area (Å²) in [5.41, 5.74) is 7.86. The monoisotopic (exact) mass is 258 g/mol. The summed E-state index contributed by atoms with van der Waals surface area (Å²) in [5, 5.41) is 11.4. The highest BCUT2D eigenvalue weighted by atomic mass is 16.5. The summed E-state index contributed by atoms with van der Waals surface area (Å²) >= 11 is 0. The molecule has 0 atom stereocenters. The van der Waals surface area contributed by atoms with Crippen LogP contribution in [0.5, 0.6) is 11.6 Å². The van der Waals surface area contributed by atoms with Gasteiger partial charge in [0.05, 0.1) is 12.4 Å². The molecule has 1 aromatic carbocycles. The summed E-state index contributed by atoms with van der Waals surface area (Å²) < 4.78 is 5.62.